The summed E-state index contributed by atoms with van der Waals surface area (Å²) in [6, 6.07) is 18.3. The van der Waals surface area contributed by atoms with Crippen molar-refractivity contribution in [3.8, 4) is 0 Å². The van der Waals surface area contributed by atoms with E-state index in [9.17, 15) is 31.2 Å². The number of hydrogen-bond donors (Lipinski definition) is 1. The maximum absolute atomic E-state index is 14.0. The lowest BCUT2D eigenvalue weighted by molar-refractivity contribution is -0.140. The average Bonchev–Trinajstić information content (AvgIpc) is 2.92. The van der Waals surface area contributed by atoms with Gasteiger partial charge in [-0.2, -0.15) is 13.2 Å². The third-order valence-electron chi connectivity index (χ3n) is 6.39. The van der Waals surface area contributed by atoms with Gasteiger partial charge < -0.3 is 10.2 Å². The van der Waals surface area contributed by atoms with Crippen molar-refractivity contribution < 1.29 is 31.2 Å². The number of nitrogens with one attached hydrogen (secondary N) is 1. The van der Waals surface area contributed by atoms with Crippen molar-refractivity contribution in [3.63, 3.8) is 0 Å². The zero-order valence-corrected chi connectivity index (χ0v) is 25.0. The first-order chi connectivity index (χ1) is 19.7. The molecule has 0 radical (unpaired) electrons. The van der Waals surface area contributed by atoms with E-state index in [1.807, 2.05) is 19.9 Å². The Kier molecular flexibility index (Phi) is 11.0. The molecular formula is C30H33ClF3N3O4S. The number of amides is 2. The molecule has 3 aromatic carbocycles. The molecule has 12 heteroatoms. The van der Waals surface area contributed by atoms with Crippen LogP contribution in [-0.4, -0.2) is 50.5 Å². The third kappa shape index (κ3) is 9.22. The predicted octanol–water partition coefficient (Wildman–Crippen LogP) is 5.54. The standard InChI is InChI=1S/C30H33ClF3N3O4S/c1-21(2)18-35-29(39)27(16-22-10-5-4-6-11-22)36(19-23-12-7-8-15-26(23)31)28(38)20-37(42(3,40)41)25-14-9-13-24(17-25)30(32,33)34/h4-15,17,21,27H,16,18-20H2,1-3H3,(H,35,39)/t27-/m0/s1. The van der Waals surface area contributed by atoms with Gasteiger partial charge in [-0.15, -0.1) is 0 Å². The number of rotatable bonds is 12. The van der Waals surface area contributed by atoms with E-state index in [1.54, 1.807) is 48.5 Å². The molecule has 1 atom stereocenters. The van der Waals surface area contributed by atoms with E-state index >= 15 is 0 Å². The second-order valence-electron chi connectivity index (χ2n) is 10.3. The summed E-state index contributed by atoms with van der Waals surface area (Å²) in [6.07, 6.45) is -3.83. The van der Waals surface area contributed by atoms with Gasteiger partial charge in [-0.3, -0.25) is 13.9 Å². The summed E-state index contributed by atoms with van der Waals surface area (Å²) < 4.78 is 66.5. The highest BCUT2D eigenvalue weighted by atomic mass is 35.5. The molecule has 0 heterocycles. The van der Waals surface area contributed by atoms with Gasteiger partial charge in [0.25, 0.3) is 0 Å². The number of sulfonamides is 1. The molecule has 226 valence electrons. The molecule has 3 aromatic rings. The van der Waals surface area contributed by atoms with Gasteiger partial charge in [0.1, 0.15) is 12.6 Å². The minimum Gasteiger partial charge on any atom is -0.354 e. The fourth-order valence-electron chi connectivity index (χ4n) is 4.24. The fourth-order valence-corrected chi connectivity index (χ4v) is 5.27. The third-order valence-corrected chi connectivity index (χ3v) is 7.90. The molecule has 0 fully saturated rings. The predicted molar refractivity (Wildman–Crippen MR) is 157 cm³/mol. The molecule has 7 nitrogen and oxygen atoms in total. The summed E-state index contributed by atoms with van der Waals surface area (Å²) in [4.78, 5) is 28.8. The van der Waals surface area contributed by atoms with Crippen LogP contribution in [-0.2, 0) is 38.8 Å². The van der Waals surface area contributed by atoms with Crippen molar-refractivity contribution in [2.45, 2.75) is 39.0 Å². The van der Waals surface area contributed by atoms with Crippen LogP contribution in [0.1, 0.15) is 30.5 Å². The van der Waals surface area contributed by atoms with Crippen molar-refractivity contribution in [2.75, 3.05) is 23.7 Å². The molecule has 0 aliphatic rings. The van der Waals surface area contributed by atoms with E-state index in [1.165, 1.54) is 11.0 Å². The first-order valence-corrected chi connectivity index (χ1v) is 15.4. The summed E-state index contributed by atoms with van der Waals surface area (Å²) in [5, 5.41) is 3.18. The van der Waals surface area contributed by atoms with Crippen LogP contribution in [0, 0.1) is 5.92 Å². The highest BCUT2D eigenvalue weighted by Gasteiger charge is 2.35. The van der Waals surface area contributed by atoms with Gasteiger partial charge in [0.2, 0.25) is 21.8 Å². The fraction of sp³-hybridized carbons (Fsp3) is 0.333. The monoisotopic (exact) mass is 623 g/mol. The first-order valence-electron chi connectivity index (χ1n) is 13.2. The molecule has 0 spiro atoms. The Labute approximate surface area is 249 Å². The molecule has 0 aliphatic carbocycles. The summed E-state index contributed by atoms with van der Waals surface area (Å²) in [5.41, 5.74) is -0.143. The van der Waals surface area contributed by atoms with Crippen LogP contribution in [0.4, 0.5) is 18.9 Å². The van der Waals surface area contributed by atoms with E-state index in [0.29, 0.717) is 27.5 Å². The maximum atomic E-state index is 14.0. The zero-order chi connectivity index (χ0) is 31.1. The lowest BCUT2D eigenvalue weighted by atomic mass is 10.0. The van der Waals surface area contributed by atoms with E-state index < -0.39 is 46.2 Å². The van der Waals surface area contributed by atoms with Crippen LogP contribution < -0.4 is 9.62 Å². The Morgan fingerprint density at radius 1 is 0.952 bits per heavy atom. The van der Waals surface area contributed by atoms with Gasteiger partial charge in [-0.05, 0) is 41.3 Å². The number of benzene rings is 3. The Bertz CT molecular complexity index is 1480. The van der Waals surface area contributed by atoms with Gasteiger partial charge in [-0.1, -0.05) is 80.0 Å². The number of halogens is 4. The Balaban J connectivity index is 2.08. The molecule has 3 rings (SSSR count). The smallest absolute Gasteiger partial charge is 0.354 e. The number of carbonyl (C=O) groups is 2. The number of hydrogen-bond acceptors (Lipinski definition) is 4. The maximum Gasteiger partial charge on any atom is 0.416 e. The van der Waals surface area contributed by atoms with Crippen LogP contribution in [0.25, 0.3) is 0 Å². The normalized spacial score (nSPS) is 12.6. The van der Waals surface area contributed by atoms with Gasteiger partial charge in [0.05, 0.1) is 17.5 Å². The van der Waals surface area contributed by atoms with Crippen molar-refractivity contribution in [1.29, 1.82) is 0 Å². The molecule has 42 heavy (non-hydrogen) atoms. The van der Waals surface area contributed by atoms with Crippen molar-refractivity contribution in [3.05, 3.63) is 101 Å². The Morgan fingerprint density at radius 3 is 2.19 bits per heavy atom. The zero-order valence-electron chi connectivity index (χ0n) is 23.4. The number of alkyl halides is 3. The van der Waals surface area contributed by atoms with Gasteiger partial charge in [0, 0.05) is 24.5 Å². The lowest BCUT2D eigenvalue weighted by Crippen LogP contribution is -2.53. The molecule has 2 amide bonds. The second-order valence-corrected chi connectivity index (χ2v) is 12.6. The topological polar surface area (TPSA) is 86.8 Å². The molecule has 0 bridgehead atoms. The van der Waals surface area contributed by atoms with Gasteiger partial charge in [-0.25, -0.2) is 8.42 Å². The SMILES string of the molecule is CC(C)CNC(=O)[C@H](Cc1ccccc1)N(Cc1ccccc1Cl)C(=O)CN(c1cccc(C(F)(F)F)c1)S(C)(=O)=O. The summed E-state index contributed by atoms with van der Waals surface area (Å²) in [6.45, 7) is 3.17. The molecule has 0 unspecified atom stereocenters. The average molecular weight is 624 g/mol. The van der Waals surface area contributed by atoms with Crippen molar-refractivity contribution >= 4 is 39.1 Å². The van der Waals surface area contributed by atoms with E-state index in [4.69, 9.17) is 11.6 Å². The van der Waals surface area contributed by atoms with E-state index in [2.05, 4.69) is 5.32 Å². The van der Waals surface area contributed by atoms with Crippen LogP contribution in [0.5, 0.6) is 0 Å². The van der Waals surface area contributed by atoms with Crippen LogP contribution in [0.2, 0.25) is 5.02 Å². The van der Waals surface area contributed by atoms with Gasteiger partial charge in [0.15, 0.2) is 0 Å². The van der Waals surface area contributed by atoms with E-state index in [-0.39, 0.29) is 24.6 Å². The minimum atomic E-state index is -4.73. The number of nitrogens with zero attached hydrogens (tertiary/aromatic N) is 2. The van der Waals surface area contributed by atoms with E-state index in [0.717, 1.165) is 24.0 Å². The minimum absolute atomic E-state index is 0.101. The molecular weight excluding hydrogens is 591 g/mol. The van der Waals surface area contributed by atoms with Crippen LogP contribution in [0.15, 0.2) is 78.9 Å². The highest BCUT2D eigenvalue weighted by Crippen LogP contribution is 2.32. The summed E-state index contributed by atoms with van der Waals surface area (Å²) in [5.74, 6) is -1.14. The summed E-state index contributed by atoms with van der Waals surface area (Å²) in [7, 11) is -4.22. The second kappa shape index (κ2) is 14.1. The largest absolute Gasteiger partial charge is 0.416 e. The number of anilines is 1. The molecule has 0 aromatic heterocycles. The molecule has 0 saturated heterocycles. The highest BCUT2D eigenvalue weighted by molar-refractivity contribution is 7.92. The molecule has 1 N–H and O–H groups in total. The van der Waals surface area contributed by atoms with Gasteiger partial charge >= 0.3 is 6.18 Å². The molecule has 0 saturated carbocycles. The van der Waals surface area contributed by atoms with Crippen molar-refractivity contribution in [2.24, 2.45) is 5.92 Å². The lowest BCUT2D eigenvalue weighted by Gasteiger charge is -2.34. The van der Waals surface area contributed by atoms with Crippen LogP contribution in [0.3, 0.4) is 0 Å². The summed E-state index contributed by atoms with van der Waals surface area (Å²) >= 11 is 6.40. The van der Waals surface area contributed by atoms with Crippen LogP contribution >= 0.6 is 11.6 Å². The van der Waals surface area contributed by atoms with Crippen molar-refractivity contribution in [1.82, 2.24) is 10.2 Å². The Morgan fingerprint density at radius 2 is 1.60 bits per heavy atom. The Hall–Kier alpha value is -3.57. The molecule has 0 aliphatic heterocycles. The number of carbonyl (C=O) groups excluding carboxylic acids is 2. The quantitative estimate of drug-likeness (QED) is 0.287. The first kappa shape index (κ1) is 32.9.